The fourth-order valence-electron chi connectivity index (χ4n) is 3.42. The number of sulfone groups is 1. The van der Waals surface area contributed by atoms with E-state index in [1.54, 1.807) is 12.1 Å². The van der Waals surface area contributed by atoms with E-state index in [2.05, 4.69) is 34.1 Å². The maximum Gasteiger partial charge on any atom is 0.175 e. The van der Waals surface area contributed by atoms with Crippen molar-refractivity contribution in [2.45, 2.75) is 24.4 Å². The Labute approximate surface area is 151 Å². The van der Waals surface area contributed by atoms with E-state index in [0.717, 1.165) is 44.7 Å². The monoisotopic (exact) mass is 358 g/mol. The molecule has 1 aliphatic rings. The second-order valence-corrected chi connectivity index (χ2v) is 8.76. The number of benzene rings is 2. The molecular weight excluding hydrogens is 332 g/mol. The van der Waals surface area contributed by atoms with Gasteiger partial charge in [-0.05, 0) is 36.7 Å². The van der Waals surface area contributed by atoms with E-state index in [4.69, 9.17) is 0 Å². The molecule has 0 unspecified atom stereocenters. The van der Waals surface area contributed by atoms with Crippen molar-refractivity contribution in [1.29, 1.82) is 0 Å². The van der Waals surface area contributed by atoms with Gasteiger partial charge in [-0.3, -0.25) is 9.80 Å². The quantitative estimate of drug-likeness (QED) is 0.824. The molecule has 0 saturated carbocycles. The molecule has 0 atom stereocenters. The molecule has 1 heterocycles. The summed E-state index contributed by atoms with van der Waals surface area (Å²) in [5.41, 5.74) is 2.25. The molecule has 4 nitrogen and oxygen atoms in total. The third-order valence-corrected chi connectivity index (χ3v) is 5.89. The molecule has 2 aromatic rings. The summed E-state index contributed by atoms with van der Waals surface area (Å²) in [6.45, 7) is 5.74. The van der Waals surface area contributed by atoms with Crippen LogP contribution < -0.4 is 0 Å². The van der Waals surface area contributed by atoms with Crippen molar-refractivity contribution in [2.75, 3.05) is 32.4 Å². The van der Waals surface area contributed by atoms with Crippen LogP contribution in [0.25, 0.3) is 0 Å². The van der Waals surface area contributed by atoms with Gasteiger partial charge in [-0.1, -0.05) is 48.5 Å². The van der Waals surface area contributed by atoms with Crippen LogP contribution in [0.1, 0.15) is 17.5 Å². The third-order valence-electron chi connectivity index (χ3n) is 4.70. The highest BCUT2D eigenvalue weighted by molar-refractivity contribution is 7.90. The summed E-state index contributed by atoms with van der Waals surface area (Å²) in [5.74, 6) is 0. The summed E-state index contributed by atoms with van der Waals surface area (Å²) < 4.78 is 24.0. The highest BCUT2D eigenvalue weighted by Gasteiger charge is 2.18. The van der Waals surface area contributed by atoms with Crippen molar-refractivity contribution in [2.24, 2.45) is 0 Å². The Morgan fingerprint density at radius 1 is 0.800 bits per heavy atom. The highest BCUT2D eigenvalue weighted by atomic mass is 32.2. The second kappa shape index (κ2) is 8.13. The van der Waals surface area contributed by atoms with Gasteiger partial charge in [0.15, 0.2) is 9.84 Å². The van der Waals surface area contributed by atoms with Gasteiger partial charge in [0.05, 0.1) is 4.90 Å². The van der Waals surface area contributed by atoms with Crippen molar-refractivity contribution < 1.29 is 8.42 Å². The topological polar surface area (TPSA) is 40.6 Å². The van der Waals surface area contributed by atoms with Gasteiger partial charge in [-0.15, -0.1) is 0 Å². The molecule has 0 spiro atoms. The van der Waals surface area contributed by atoms with E-state index in [0.29, 0.717) is 11.4 Å². The van der Waals surface area contributed by atoms with E-state index < -0.39 is 9.84 Å². The minimum Gasteiger partial charge on any atom is -0.298 e. The molecule has 0 aliphatic carbocycles. The minimum absolute atomic E-state index is 0.459. The van der Waals surface area contributed by atoms with Gasteiger partial charge in [-0.25, -0.2) is 8.42 Å². The molecule has 25 heavy (non-hydrogen) atoms. The zero-order valence-electron chi connectivity index (χ0n) is 14.8. The SMILES string of the molecule is CS(=O)(=O)c1ccccc1CN1CCCN(Cc2ccccc2)CC1. The summed E-state index contributed by atoms with van der Waals surface area (Å²) >= 11 is 0. The molecule has 0 aromatic heterocycles. The van der Waals surface area contributed by atoms with Crippen molar-refractivity contribution in [3.63, 3.8) is 0 Å². The number of rotatable bonds is 5. The first-order chi connectivity index (χ1) is 12.0. The molecule has 1 saturated heterocycles. The fourth-order valence-corrected chi connectivity index (χ4v) is 4.35. The lowest BCUT2D eigenvalue weighted by Crippen LogP contribution is -2.30. The van der Waals surface area contributed by atoms with E-state index in [-0.39, 0.29) is 0 Å². The molecule has 2 aromatic carbocycles. The number of hydrogen-bond acceptors (Lipinski definition) is 4. The summed E-state index contributed by atoms with van der Waals surface area (Å²) in [4.78, 5) is 5.31. The lowest BCUT2D eigenvalue weighted by molar-refractivity contribution is 0.246. The lowest BCUT2D eigenvalue weighted by Gasteiger charge is -2.22. The highest BCUT2D eigenvalue weighted by Crippen LogP contribution is 2.18. The summed E-state index contributed by atoms with van der Waals surface area (Å²) in [6, 6.07) is 17.9. The molecule has 134 valence electrons. The molecule has 5 heteroatoms. The normalized spacial score (nSPS) is 17.3. The fraction of sp³-hybridized carbons (Fsp3) is 0.400. The van der Waals surface area contributed by atoms with Crippen LogP contribution in [-0.4, -0.2) is 50.7 Å². The van der Waals surface area contributed by atoms with E-state index in [1.807, 2.05) is 18.2 Å². The van der Waals surface area contributed by atoms with Gasteiger partial charge in [0, 0.05) is 32.4 Å². The van der Waals surface area contributed by atoms with E-state index in [1.165, 1.54) is 11.8 Å². The predicted octanol–water partition coefficient (Wildman–Crippen LogP) is 2.80. The smallest absolute Gasteiger partial charge is 0.175 e. The Hall–Kier alpha value is -1.69. The van der Waals surface area contributed by atoms with Gasteiger partial charge in [0.1, 0.15) is 0 Å². The van der Waals surface area contributed by atoms with Crippen LogP contribution in [0.5, 0.6) is 0 Å². The second-order valence-electron chi connectivity index (χ2n) is 6.77. The molecule has 1 fully saturated rings. The Balaban J connectivity index is 1.63. The maximum atomic E-state index is 12.0. The van der Waals surface area contributed by atoms with Crippen LogP contribution in [0.15, 0.2) is 59.5 Å². The zero-order chi connectivity index (χ0) is 17.7. The first kappa shape index (κ1) is 18.1. The van der Waals surface area contributed by atoms with Crippen LogP contribution in [0.4, 0.5) is 0 Å². The van der Waals surface area contributed by atoms with Crippen LogP contribution in [0.3, 0.4) is 0 Å². The summed E-state index contributed by atoms with van der Waals surface area (Å²) in [7, 11) is -3.18. The average molecular weight is 359 g/mol. The molecule has 0 N–H and O–H groups in total. The van der Waals surface area contributed by atoms with E-state index >= 15 is 0 Å². The third kappa shape index (κ3) is 5.14. The Morgan fingerprint density at radius 2 is 1.40 bits per heavy atom. The largest absolute Gasteiger partial charge is 0.298 e. The van der Waals surface area contributed by atoms with Crippen molar-refractivity contribution in [3.05, 3.63) is 65.7 Å². The first-order valence-corrected chi connectivity index (χ1v) is 10.7. The van der Waals surface area contributed by atoms with Crippen molar-refractivity contribution in [1.82, 2.24) is 9.80 Å². The lowest BCUT2D eigenvalue weighted by atomic mass is 10.2. The number of hydrogen-bond donors (Lipinski definition) is 0. The van der Waals surface area contributed by atoms with Crippen LogP contribution in [0.2, 0.25) is 0 Å². The Kier molecular flexibility index (Phi) is 5.89. The number of nitrogens with zero attached hydrogens (tertiary/aromatic N) is 2. The predicted molar refractivity (Wildman–Crippen MR) is 101 cm³/mol. The first-order valence-electron chi connectivity index (χ1n) is 8.79. The van der Waals surface area contributed by atoms with Crippen LogP contribution >= 0.6 is 0 Å². The van der Waals surface area contributed by atoms with Gasteiger partial charge < -0.3 is 0 Å². The Bertz CT molecular complexity index is 790. The molecule has 1 aliphatic heterocycles. The van der Waals surface area contributed by atoms with Crippen molar-refractivity contribution in [3.8, 4) is 0 Å². The summed E-state index contributed by atoms with van der Waals surface area (Å²) in [6.07, 6.45) is 2.39. The van der Waals surface area contributed by atoms with Gasteiger partial charge in [-0.2, -0.15) is 0 Å². The van der Waals surface area contributed by atoms with Gasteiger partial charge in [0.2, 0.25) is 0 Å². The van der Waals surface area contributed by atoms with Gasteiger partial charge >= 0.3 is 0 Å². The van der Waals surface area contributed by atoms with Crippen LogP contribution in [-0.2, 0) is 22.9 Å². The van der Waals surface area contributed by atoms with Crippen molar-refractivity contribution >= 4 is 9.84 Å². The molecule has 0 radical (unpaired) electrons. The molecular formula is C20H26N2O2S. The standard InChI is InChI=1S/C20H26N2O2S/c1-25(23,24)20-11-6-5-10-19(20)17-22-13-7-12-21(14-15-22)16-18-8-3-2-4-9-18/h2-6,8-11H,7,12-17H2,1H3. The Morgan fingerprint density at radius 3 is 2.08 bits per heavy atom. The van der Waals surface area contributed by atoms with Gasteiger partial charge in [0.25, 0.3) is 0 Å². The maximum absolute atomic E-state index is 12.0. The van der Waals surface area contributed by atoms with E-state index in [9.17, 15) is 8.42 Å². The molecule has 0 bridgehead atoms. The zero-order valence-corrected chi connectivity index (χ0v) is 15.6. The average Bonchev–Trinajstić information content (AvgIpc) is 2.81. The minimum atomic E-state index is -3.18. The molecule has 0 amide bonds. The van der Waals surface area contributed by atoms with Crippen LogP contribution in [0, 0.1) is 0 Å². The molecule has 3 rings (SSSR count). The summed E-state index contributed by atoms with van der Waals surface area (Å²) in [5, 5.41) is 0.